The molecule has 0 aliphatic rings. The molecular formula is C28H25Cl2F6N3O. The van der Waals surface area contributed by atoms with E-state index in [0.29, 0.717) is 30.5 Å². The predicted molar refractivity (Wildman–Crippen MR) is 147 cm³/mol. The number of carbonyl (C=O) groups excluding carboxylic acids is 1. The van der Waals surface area contributed by atoms with E-state index in [1.807, 2.05) is 19.0 Å². The third-order valence-corrected chi connectivity index (χ3v) is 6.50. The van der Waals surface area contributed by atoms with Crippen molar-refractivity contribution in [3.8, 4) is 0 Å². The molecule has 0 saturated heterocycles. The Hall–Kier alpha value is -3.21. The molecule has 0 heterocycles. The predicted octanol–water partition coefficient (Wildman–Crippen LogP) is 8.86. The zero-order valence-corrected chi connectivity index (χ0v) is 22.9. The first-order chi connectivity index (χ1) is 18.6. The average molecular weight is 604 g/mol. The zero-order valence-electron chi connectivity index (χ0n) is 21.4. The number of hydrogen-bond acceptors (Lipinski definition) is 3. The third-order valence-electron chi connectivity index (χ3n) is 5.84. The molecule has 3 aromatic rings. The number of nitrogens with one attached hydrogen (secondary N) is 2. The minimum Gasteiger partial charge on any atom is -0.355 e. The standard InChI is InChI=1S/C28H25Cl2F6N3O/c1-16(37-19-7-10-24(29)22(14-19)27(31,32)33)21-9-6-18(13-17(21)5-4-12-39(2)3)26(40)38-20-8-11-25(30)23(15-20)28(34,35)36/h6-11,13-15,37H,1,4-5,12H2,2-3H3,(H,38,40). The van der Waals surface area contributed by atoms with E-state index in [4.69, 9.17) is 23.2 Å². The molecule has 0 unspecified atom stereocenters. The van der Waals surface area contributed by atoms with Gasteiger partial charge in [0.15, 0.2) is 0 Å². The molecule has 40 heavy (non-hydrogen) atoms. The third kappa shape index (κ3) is 8.16. The Morgan fingerprint density at radius 2 is 1.35 bits per heavy atom. The fourth-order valence-electron chi connectivity index (χ4n) is 3.91. The van der Waals surface area contributed by atoms with Crippen LogP contribution >= 0.6 is 23.2 Å². The van der Waals surface area contributed by atoms with Crippen LogP contribution in [0.4, 0.5) is 37.7 Å². The second-order valence-corrected chi connectivity index (χ2v) is 10.0. The monoisotopic (exact) mass is 603 g/mol. The number of alkyl halides is 6. The van der Waals surface area contributed by atoms with Gasteiger partial charge in [-0.2, -0.15) is 26.3 Å². The first kappa shape index (κ1) is 31.3. The highest BCUT2D eigenvalue weighted by Gasteiger charge is 2.34. The molecule has 0 aliphatic heterocycles. The van der Waals surface area contributed by atoms with Crippen LogP contribution in [-0.4, -0.2) is 31.4 Å². The number of benzene rings is 3. The van der Waals surface area contributed by atoms with Gasteiger partial charge in [-0.15, -0.1) is 0 Å². The quantitative estimate of drug-likeness (QED) is 0.240. The van der Waals surface area contributed by atoms with Crippen LogP contribution in [0.1, 0.15) is 39.0 Å². The van der Waals surface area contributed by atoms with E-state index in [2.05, 4.69) is 17.2 Å². The number of hydrogen-bond donors (Lipinski definition) is 2. The SMILES string of the molecule is C=C(Nc1ccc(Cl)c(C(F)(F)F)c1)c1ccc(C(=O)Nc2ccc(Cl)c(C(F)(F)F)c2)cc1CCCN(C)C. The summed E-state index contributed by atoms with van der Waals surface area (Å²) in [5.41, 5.74) is -0.361. The number of aryl methyl sites for hydroxylation is 1. The van der Waals surface area contributed by atoms with E-state index in [0.717, 1.165) is 24.3 Å². The van der Waals surface area contributed by atoms with Crippen LogP contribution in [0.25, 0.3) is 5.70 Å². The van der Waals surface area contributed by atoms with Gasteiger partial charge in [-0.3, -0.25) is 4.79 Å². The maximum Gasteiger partial charge on any atom is 0.417 e. The Morgan fingerprint density at radius 3 is 1.85 bits per heavy atom. The van der Waals surface area contributed by atoms with Gasteiger partial charge in [0.2, 0.25) is 0 Å². The maximum atomic E-state index is 13.3. The van der Waals surface area contributed by atoms with Crippen molar-refractivity contribution in [2.75, 3.05) is 31.3 Å². The van der Waals surface area contributed by atoms with Crippen LogP contribution < -0.4 is 10.6 Å². The summed E-state index contributed by atoms with van der Waals surface area (Å²) >= 11 is 11.4. The normalized spacial score (nSPS) is 12.0. The summed E-state index contributed by atoms with van der Waals surface area (Å²) in [7, 11) is 3.79. The Morgan fingerprint density at radius 1 is 0.825 bits per heavy atom. The highest BCUT2D eigenvalue weighted by molar-refractivity contribution is 6.31. The maximum absolute atomic E-state index is 13.3. The fourth-order valence-corrected chi connectivity index (χ4v) is 4.36. The average Bonchev–Trinajstić information content (AvgIpc) is 2.84. The van der Waals surface area contributed by atoms with Crippen molar-refractivity contribution in [2.24, 2.45) is 0 Å². The molecule has 0 aliphatic carbocycles. The number of amides is 1. The molecule has 3 rings (SSSR count). The van der Waals surface area contributed by atoms with Crippen LogP contribution in [0.3, 0.4) is 0 Å². The second-order valence-electron chi connectivity index (χ2n) is 9.22. The van der Waals surface area contributed by atoms with E-state index in [1.165, 1.54) is 18.2 Å². The van der Waals surface area contributed by atoms with E-state index in [9.17, 15) is 31.1 Å². The van der Waals surface area contributed by atoms with Gasteiger partial charge in [0.25, 0.3) is 5.91 Å². The topological polar surface area (TPSA) is 44.4 Å². The summed E-state index contributed by atoms with van der Waals surface area (Å²) in [6.07, 6.45) is -8.17. The zero-order chi connectivity index (χ0) is 29.8. The van der Waals surface area contributed by atoms with E-state index in [1.54, 1.807) is 12.1 Å². The molecule has 4 nitrogen and oxygen atoms in total. The molecule has 0 spiro atoms. The van der Waals surface area contributed by atoms with Crippen molar-refractivity contribution in [1.29, 1.82) is 0 Å². The van der Waals surface area contributed by atoms with Crippen molar-refractivity contribution in [1.82, 2.24) is 4.90 Å². The molecule has 0 radical (unpaired) electrons. The van der Waals surface area contributed by atoms with Gasteiger partial charge in [-0.05, 0) is 87.6 Å². The van der Waals surface area contributed by atoms with Crippen LogP contribution in [0.2, 0.25) is 10.0 Å². The molecule has 214 valence electrons. The Kier molecular flexibility index (Phi) is 9.81. The van der Waals surface area contributed by atoms with Gasteiger partial charge in [0, 0.05) is 28.2 Å². The highest BCUT2D eigenvalue weighted by Crippen LogP contribution is 2.38. The molecular weight excluding hydrogens is 579 g/mol. The van der Waals surface area contributed by atoms with E-state index in [-0.39, 0.29) is 22.6 Å². The van der Waals surface area contributed by atoms with Crippen LogP contribution in [0.15, 0.2) is 61.2 Å². The lowest BCUT2D eigenvalue weighted by molar-refractivity contribution is -0.138. The molecule has 3 aromatic carbocycles. The molecule has 0 fully saturated rings. The molecule has 0 saturated carbocycles. The summed E-state index contributed by atoms with van der Waals surface area (Å²) in [5.74, 6) is -0.651. The fraction of sp³-hybridized carbons (Fsp3) is 0.250. The van der Waals surface area contributed by atoms with Gasteiger partial charge >= 0.3 is 12.4 Å². The van der Waals surface area contributed by atoms with Crippen molar-refractivity contribution in [3.05, 3.63) is 99.0 Å². The van der Waals surface area contributed by atoms with Crippen molar-refractivity contribution >= 4 is 46.2 Å². The highest BCUT2D eigenvalue weighted by atomic mass is 35.5. The van der Waals surface area contributed by atoms with Crippen LogP contribution in [-0.2, 0) is 18.8 Å². The van der Waals surface area contributed by atoms with Crippen molar-refractivity contribution in [2.45, 2.75) is 25.2 Å². The smallest absolute Gasteiger partial charge is 0.355 e. The Balaban J connectivity index is 1.89. The van der Waals surface area contributed by atoms with Crippen LogP contribution in [0, 0.1) is 0 Å². The summed E-state index contributed by atoms with van der Waals surface area (Å²) in [5, 5.41) is 4.39. The molecule has 2 N–H and O–H groups in total. The Bertz CT molecular complexity index is 1400. The molecule has 0 bridgehead atoms. The summed E-state index contributed by atoms with van der Waals surface area (Å²) in [6, 6.07) is 11.1. The van der Waals surface area contributed by atoms with Crippen molar-refractivity contribution < 1.29 is 31.1 Å². The van der Waals surface area contributed by atoms with Gasteiger partial charge in [0.05, 0.1) is 21.2 Å². The Labute approximate surface area is 237 Å². The number of nitrogens with zero attached hydrogens (tertiary/aromatic N) is 1. The van der Waals surface area contributed by atoms with Gasteiger partial charge < -0.3 is 15.5 Å². The van der Waals surface area contributed by atoms with Gasteiger partial charge in [-0.25, -0.2) is 0 Å². The van der Waals surface area contributed by atoms with Gasteiger partial charge in [0.1, 0.15) is 0 Å². The van der Waals surface area contributed by atoms with E-state index < -0.39 is 39.4 Å². The first-order valence-corrected chi connectivity index (χ1v) is 12.6. The summed E-state index contributed by atoms with van der Waals surface area (Å²) in [6.45, 7) is 4.68. The summed E-state index contributed by atoms with van der Waals surface area (Å²) in [4.78, 5) is 14.9. The second kappa shape index (κ2) is 12.5. The lowest BCUT2D eigenvalue weighted by Gasteiger charge is -2.18. The number of anilines is 2. The number of carbonyl (C=O) groups is 1. The van der Waals surface area contributed by atoms with E-state index >= 15 is 0 Å². The molecule has 12 heteroatoms. The van der Waals surface area contributed by atoms with Gasteiger partial charge in [-0.1, -0.05) is 35.8 Å². The lowest BCUT2D eigenvalue weighted by atomic mass is 9.97. The van der Waals surface area contributed by atoms with Crippen LogP contribution in [0.5, 0.6) is 0 Å². The summed E-state index contributed by atoms with van der Waals surface area (Å²) < 4.78 is 79.5. The number of halogens is 8. The molecule has 0 atom stereocenters. The molecule has 1 amide bonds. The first-order valence-electron chi connectivity index (χ1n) is 11.8. The van der Waals surface area contributed by atoms with Crippen molar-refractivity contribution in [3.63, 3.8) is 0 Å². The number of rotatable bonds is 9. The lowest BCUT2D eigenvalue weighted by Crippen LogP contribution is -2.16. The minimum atomic E-state index is -4.70. The largest absolute Gasteiger partial charge is 0.417 e. The molecule has 0 aromatic heterocycles. The minimum absolute atomic E-state index is 0.0887.